The van der Waals surface area contributed by atoms with Gasteiger partial charge in [-0.15, -0.1) is 0 Å². The Morgan fingerprint density at radius 3 is 2.57 bits per heavy atom. The maximum absolute atomic E-state index is 14.5. The van der Waals surface area contributed by atoms with Crippen molar-refractivity contribution in [1.82, 2.24) is 30.5 Å². The number of hydrogen-bond acceptors (Lipinski definition) is 8. The van der Waals surface area contributed by atoms with Crippen molar-refractivity contribution < 1.29 is 33.8 Å². The summed E-state index contributed by atoms with van der Waals surface area (Å²) in [7, 11) is 0. The molecule has 4 heterocycles. The van der Waals surface area contributed by atoms with Crippen molar-refractivity contribution in [2.75, 3.05) is 6.54 Å². The van der Waals surface area contributed by atoms with Crippen LogP contribution in [0.3, 0.4) is 0 Å². The van der Waals surface area contributed by atoms with Crippen LogP contribution in [0.1, 0.15) is 77.0 Å². The third kappa shape index (κ3) is 7.84. The Labute approximate surface area is 307 Å². The van der Waals surface area contributed by atoms with Gasteiger partial charge in [0, 0.05) is 35.9 Å². The molecule has 1 saturated carbocycles. The fourth-order valence-corrected chi connectivity index (χ4v) is 7.44. The van der Waals surface area contributed by atoms with Crippen LogP contribution in [-0.2, 0) is 25.5 Å². The summed E-state index contributed by atoms with van der Waals surface area (Å²) >= 11 is 0. The van der Waals surface area contributed by atoms with Gasteiger partial charge in [0.05, 0.1) is 17.6 Å². The van der Waals surface area contributed by atoms with E-state index in [4.69, 9.17) is 19.4 Å². The number of aliphatic carboxylic acids is 1. The zero-order valence-corrected chi connectivity index (χ0v) is 30.3. The number of carboxylic acids is 1. The molecule has 1 aliphatic carbocycles. The molecule has 0 spiro atoms. The van der Waals surface area contributed by atoms with Crippen molar-refractivity contribution in [2.45, 2.75) is 101 Å². The van der Waals surface area contributed by atoms with Crippen LogP contribution in [0.25, 0.3) is 21.9 Å². The summed E-state index contributed by atoms with van der Waals surface area (Å²) < 4.78 is 12.1. The summed E-state index contributed by atoms with van der Waals surface area (Å²) in [6.45, 7) is 5.24. The third-order valence-electron chi connectivity index (χ3n) is 10.2. The summed E-state index contributed by atoms with van der Waals surface area (Å²) in [4.78, 5) is 68.6. The summed E-state index contributed by atoms with van der Waals surface area (Å²) in [5.41, 5.74) is 1.68. The van der Waals surface area contributed by atoms with Crippen LogP contribution in [0, 0.1) is 5.92 Å². The minimum absolute atomic E-state index is 0.00779. The molecule has 4 N–H and O–H groups in total. The van der Waals surface area contributed by atoms with Crippen LogP contribution >= 0.6 is 0 Å². The lowest BCUT2D eigenvalue weighted by Gasteiger charge is -2.30. The van der Waals surface area contributed by atoms with Gasteiger partial charge < -0.3 is 35.1 Å². The molecule has 2 aliphatic heterocycles. The third-order valence-corrected chi connectivity index (χ3v) is 10.2. The first kappa shape index (κ1) is 35.9. The number of allylic oxidation sites excluding steroid dienone is 1. The number of nitrogens with one attached hydrogen (secondary N) is 3. The molecule has 53 heavy (non-hydrogen) atoms. The van der Waals surface area contributed by atoms with E-state index in [1.807, 2.05) is 66.9 Å². The van der Waals surface area contributed by atoms with E-state index >= 15 is 0 Å². The van der Waals surface area contributed by atoms with Crippen molar-refractivity contribution in [3.8, 4) is 5.88 Å². The predicted molar refractivity (Wildman–Crippen MR) is 197 cm³/mol. The van der Waals surface area contributed by atoms with Crippen molar-refractivity contribution in [3.05, 3.63) is 78.1 Å². The molecule has 2 aromatic carbocycles. The van der Waals surface area contributed by atoms with Gasteiger partial charge in [-0.3, -0.25) is 9.59 Å². The summed E-state index contributed by atoms with van der Waals surface area (Å²) in [5.74, 6) is -2.24. The molecule has 3 unspecified atom stereocenters. The number of aromatic amines is 1. The van der Waals surface area contributed by atoms with E-state index in [0.29, 0.717) is 36.0 Å². The quantitative estimate of drug-likeness (QED) is 0.189. The van der Waals surface area contributed by atoms with E-state index < -0.39 is 53.2 Å². The molecule has 1 saturated heterocycles. The number of benzene rings is 2. The van der Waals surface area contributed by atoms with Gasteiger partial charge in [-0.05, 0) is 70.2 Å². The average molecular weight is 723 g/mol. The monoisotopic (exact) mass is 722 g/mol. The maximum Gasteiger partial charge on any atom is 0.408 e. The molecule has 13 heteroatoms. The fourth-order valence-electron chi connectivity index (χ4n) is 7.44. The SMILES string of the molecule is CC(C)(C)OC(=O)N[C@H]1CCCCC/C=C\C2CC2(C(=O)O)NC(=O)C2C[C@@H](Oc3nc4ccccc4nc3Cc3c[nH]c4ccccc34)CN2C1=O. The Hall–Kier alpha value is -5.46. The predicted octanol–water partition coefficient (Wildman–Crippen LogP) is 5.42. The lowest BCUT2D eigenvalue weighted by molar-refractivity contribution is -0.145. The van der Waals surface area contributed by atoms with Crippen LogP contribution in [0.4, 0.5) is 4.79 Å². The maximum atomic E-state index is 14.5. The van der Waals surface area contributed by atoms with Crippen molar-refractivity contribution in [2.24, 2.45) is 5.92 Å². The van der Waals surface area contributed by atoms with E-state index in [0.717, 1.165) is 35.7 Å². The number of H-pyrrole nitrogens is 1. The molecule has 0 bridgehead atoms. The van der Waals surface area contributed by atoms with Gasteiger partial charge in [0.15, 0.2) is 0 Å². The number of alkyl carbamates (subject to hydrolysis) is 1. The highest BCUT2D eigenvalue weighted by atomic mass is 16.6. The first-order chi connectivity index (χ1) is 25.4. The van der Waals surface area contributed by atoms with Crippen LogP contribution in [0.15, 0.2) is 66.9 Å². The van der Waals surface area contributed by atoms with Gasteiger partial charge in [0.2, 0.25) is 17.7 Å². The molecule has 3 amide bonds. The van der Waals surface area contributed by atoms with Crippen LogP contribution < -0.4 is 15.4 Å². The van der Waals surface area contributed by atoms with Crippen LogP contribution in [0.2, 0.25) is 0 Å². The minimum atomic E-state index is -1.45. The zero-order chi connectivity index (χ0) is 37.3. The first-order valence-electron chi connectivity index (χ1n) is 18.4. The molecular formula is C40H46N6O7. The summed E-state index contributed by atoms with van der Waals surface area (Å²) in [6, 6.07) is 13.4. The summed E-state index contributed by atoms with van der Waals surface area (Å²) in [6.07, 6.45) is 8.47. The Bertz CT molecular complexity index is 2070. The molecule has 0 radical (unpaired) electrons. The van der Waals surface area contributed by atoms with Crippen molar-refractivity contribution in [1.29, 1.82) is 0 Å². The fraction of sp³-hybridized carbons (Fsp3) is 0.450. The number of carbonyl (C=O) groups is 4. The lowest BCUT2D eigenvalue weighted by atomic mass is 10.0. The van der Waals surface area contributed by atoms with E-state index in [-0.39, 0.29) is 31.2 Å². The highest BCUT2D eigenvalue weighted by Crippen LogP contribution is 2.45. The Balaban J connectivity index is 1.21. The molecule has 2 aromatic heterocycles. The topological polar surface area (TPSA) is 176 Å². The van der Waals surface area contributed by atoms with Crippen LogP contribution in [0.5, 0.6) is 5.88 Å². The van der Waals surface area contributed by atoms with Crippen molar-refractivity contribution >= 4 is 45.8 Å². The van der Waals surface area contributed by atoms with E-state index in [1.54, 1.807) is 20.8 Å². The molecule has 13 nitrogen and oxygen atoms in total. The number of para-hydroxylation sites is 3. The molecule has 5 atom stereocenters. The number of hydrogen-bond donors (Lipinski definition) is 4. The second kappa shape index (κ2) is 14.5. The molecule has 3 aliphatic rings. The second-order valence-corrected chi connectivity index (χ2v) is 15.3. The number of amides is 3. The number of rotatable bonds is 6. The highest BCUT2D eigenvalue weighted by molar-refractivity contribution is 5.96. The molecule has 4 aromatic rings. The molecule has 278 valence electrons. The first-order valence-corrected chi connectivity index (χ1v) is 18.4. The number of aromatic nitrogens is 3. The smallest absolute Gasteiger partial charge is 0.408 e. The molecular weight excluding hydrogens is 676 g/mol. The highest BCUT2D eigenvalue weighted by Gasteiger charge is 2.61. The number of nitrogens with zero attached hydrogens (tertiary/aromatic N) is 3. The Morgan fingerprint density at radius 1 is 1.04 bits per heavy atom. The minimum Gasteiger partial charge on any atom is -0.479 e. The van der Waals surface area contributed by atoms with Crippen LogP contribution in [-0.4, -0.2) is 84.7 Å². The van der Waals surface area contributed by atoms with Gasteiger partial charge >= 0.3 is 12.1 Å². The van der Waals surface area contributed by atoms with E-state index in [1.165, 1.54) is 4.90 Å². The Morgan fingerprint density at radius 2 is 1.79 bits per heavy atom. The zero-order valence-electron chi connectivity index (χ0n) is 30.3. The number of fused-ring (bicyclic) bond motifs is 4. The van der Waals surface area contributed by atoms with Gasteiger partial charge in [0.25, 0.3) is 0 Å². The van der Waals surface area contributed by atoms with Gasteiger partial charge in [-0.2, -0.15) is 0 Å². The average Bonchev–Trinajstić information content (AvgIpc) is 3.42. The largest absolute Gasteiger partial charge is 0.479 e. The van der Waals surface area contributed by atoms with E-state index in [9.17, 15) is 24.3 Å². The molecule has 7 rings (SSSR count). The lowest BCUT2D eigenvalue weighted by Crippen LogP contribution is -2.56. The second-order valence-electron chi connectivity index (χ2n) is 15.3. The number of carboxylic acid groups (broad SMARTS) is 1. The number of carbonyl (C=O) groups excluding carboxylic acids is 3. The van der Waals surface area contributed by atoms with Crippen molar-refractivity contribution in [3.63, 3.8) is 0 Å². The van der Waals surface area contributed by atoms with E-state index in [2.05, 4.69) is 15.6 Å². The summed E-state index contributed by atoms with van der Waals surface area (Å²) in [5, 5.41) is 16.8. The normalized spacial score (nSPS) is 25.8. The number of ether oxygens (including phenoxy) is 2. The van der Waals surface area contributed by atoms with Gasteiger partial charge in [0.1, 0.15) is 35.0 Å². The van der Waals surface area contributed by atoms with Gasteiger partial charge in [-0.25, -0.2) is 19.6 Å². The standard InChI is InChI=1S/C40H46N6O7/c1-39(2,3)53-38(51)44-31-18-8-6-4-5-7-13-25-21-40(25,37(49)50)45-34(47)33-20-26(23-46(33)36(31)48)52-35-32(42-29-16-11-12-17-30(29)43-35)19-24-22-41-28-15-10-9-14-27(24)28/h7,9-17,22,25-26,31,33,41H,4-6,8,18-21,23H2,1-3H3,(H,44,51)(H,45,47)(H,49,50)/b13-7-/t25?,26-,31+,33?,40?/m1/s1. The molecule has 2 fully saturated rings. The van der Waals surface area contributed by atoms with Gasteiger partial charge in [-0.1, -0.05) is 55.3 Å². The Kier molecular flexibility index (Phi) is 9.84.